The van der Waals surface area contributed by atoms with Crippen LogP contribution in [-0.4, -0.2) is 46.4 Å². The van der Waals surface area contributed by atoms with Crippen LogP contribution in [-0.2, 0) is 14.4 Å². The summed E-state index contributed by atoms with van der Waals surface area (Å²) in [7, 11) is 0. The molecule has 2 amide bonds. The summed E-state index contributed by atoms with van der Waals surface area (Å²) in [5.74, 6) is -1.50. The van der Waals surface area contributed by atoms with Crippen LogP contribution in [0.1, 0.15) is 41.0 Å². The van der Waals surface area contributed by atoms with Gasteiger partial charge in [0.2, 0.25) is 11.8 Å². The Balaban J connectivity index is 4.92. The molecule has 0 aliphatic heterocycles. The highest BCUT2D eigenvalue weighted by Gasteiger charge is 2.29. The van der Waals surface area contributed by atoms with Crippen molar-refractivity contribution in [2.75, 3.05) is 6.54 Å². The first-order valence-corrected chi connectivity index (χ1v) is 6.46. The first kappa shape index (κ1) is 17.4. The molecule has 6 heteroatoms. The number of carboxylic acids is 1. The Morgan fingerprint density at radius 1 is 1.16 bits per heavy atom. The Morgan fingerprint density at radius 3 is 2.00 bits per heavy atom. The summed E-state index contributed by atoms with van der Waals surface area (Å²) >= 11 is 0. The number of hydrogen-bond donors (Lipinski definition) is 2. The van der Waals surface area contributed by atoms with Gasteiger partial charge >= 0.3 is 5.97 Å². The van der Waals surface area contributed by atoms with Gasteiger partial charge < -0.3 is 15.3 Å². The predicted octanol–water partition coefficient (Wildman–Crippen LogP) is 0.859. The van der Waals surface area contributed by atoms with Gasteiger partial charge in [-0.15, -0.1) is 0 Å². The third-order valence-electron chi connectivity index (χ3n) is 2.76. The molecule has 0 radical (unpaired) electrons. The Bertz CT molecular complexity index is 340. The fraction of sp³-hybridized carbons (Fsp3) is 0.769. The average Bonchev–Trinajstić information content (AvgIpc) is 2.24. The van der Waals surface area contributed by atoms with Gasteiger partial charge in [-0.1, -0.05) is 13.8 Å². The van der Waals surface area contributed by atoms with Crippen molar-refractivity contribution in [3.8, 4) is 0 Å². The molecule has 0 bridgehead atoms. The quantitative estimate of drug-likeness (QED) is 0.719. The van der Waals surface area contributed by atoms with Crippen LogP contribution in [0.25, 0.3) is 0 Å². The van der Waals surface area contributed by atoms with E-state index >= 15 is 0 Å². The Hall–Kier alpha value is -1.59. The van der Waals surface area contributed by atoms with Crippen molar-refractivity contribution < 1.29 is 19.5 Å². The fourth-order valence-electron chi connectivity index (χ4n) is 1.75. The van der Waals surface area contributed by atoms with Gasteiger partial charge in [0, 0.05) is 19.5 Å². The minimum atomic E-state index is -0.945. The normalized spacial score (nSPS) is 12.4. The first-order valence-electron chi connectivity index (χ1n) is 6.46. The molecular weight excluding hydrogens is 248 g/mol. The Labute approximate surface area is 114 Å². The molecule has 6 nitrogen and oxygen atoms in total. The number of aliphatic carboxylic acids is 1. The number of nitrogens with one attached hydrogen (secondary N) is 1. The summed E-state index contributed by atoms with van der Waals surface area (Å²) in [4.78, 5) is 35.7. The zero-order valence-electron chi connectivity index (χ0n) is 12.3. The molecule has 0 aromatic rings. The summed E-state index contributed by atoms with van der Waals surface area (Å²) in [5, 5.41) is 11.3. The highest BCUT2D eigenvalue weighted by atomic mass is 16.4. The van der Waals surface area contributed by atoms with E-state index in [1.807, 2.05) is 27.7 Å². The van der Waals surface area contributed by atoms with Gasteiger partial charge in [-0.25, -0.2) is 0 Å². The van der Waals surface area contributed by atoms with Crippen LogP contribution in [0.5, 0.6) is 0 Å². The standard InChI is InChI=1S/C13H24N2O4/c1-8(2)12(14-10(5)16)13(19)15(9(3)4)7-6-11(17)18/h8-9,12H,6-7H2,1-5H3,(H,14,16)(H,17,18). The topological polar surface area (TPSA) is 86.7 Å². The molecule has 0 aliphatic carbocycles. The van der Waals surface area contributed by atoms with Crippen LogP contribution in [0.15, 0.2) is 0 Å². The van der Waals surface area contributed by atoms with Crippen LogP contribution < -0.4 is 5.32 Å². The van der Waals surface area contributed by atoms with Crippen molar-refractivity contribution in [1.29, 1.82) is 0 Å². The van der Waals surface area contributed by atoms with Crippen molar-refractivity contribution in [1.82, 2.24) is 10.2 Å². The van der Waals surface area contributed by atoms with Gasteiger partial charge in [-0.2, -0.15) is 0 Å². The Morgan fingerprint density at radius 2 is 1.68 bits per heavy atom. The van der Waals surface area contributed by atoms with E-state index in [2.05, 4.69) is 5.32 Å². The van der Waals surface area contributed by atoms with Gasteiger partial charge in [-0.3, -0.25) is 14.4 Å². The molecule has 2 N–H and O–H groups in total. The van der Waals surface area contributed by atoms with Gasteiger partial charge in [0.15, 0.2) is 0 Å². The first-order chi connectivity index (χ1) is 8.66. The molecule has 0 rings (SSSR count). The fourth-order valence-corrected chi connectivity index (χ4v) is 1.75. The molecule has 0 aromatic carbocycles. The van der Waals surface area contributed by atoms with Crippen LogP contribution in [0.4, 0.5) is 0 Å². The van der Waals surface area contributed by atoms with E-state index in [1.165, 1.54) is 11.8 Å². The number of nitrogens with zero attached hydrogens (tertiary/aromatic N) is 1. The molecule has 0 saturated heterocycles. The second kappa shape index (κ2) is 7.76. The number of carboxylic acid groups (broad SMARTS) is 1. The van der Waals surface area contributed by atoms with E-state index in [-0.39, 0.29) is 36.7 Å². The van der Waals surface area contributed by atoms with Gasteiger partial charge in [-0.05, 0) is 19.8 Å². The zero-order valence-corrected chi connectivity index (χ0v) is 12.3. The van der Waals surface area contributed by atoms with E-state index in [9.17, 15) is 14.4 Å². The SMILES string of the molecule is CC(=O)NC(C(=O)N(CCC(=O)O)C(C)C)C(C)C. The van der Waals surface area contributed by atoms with E-state index in [1.54, 1.807) is 0 Å². The number of carbonyl (C=O) groups is 3. The molecule has 110 valence electrons. The van der Waals surface area contributed by atoms with Crippen molar-refractivity contribution >= 4 is 17.8 Å². The van der Waals surface area contributed by atoms with E-state index in [0.717, 1.165) is 0 Å². The largest absolute Gasteiger partial charge is 0.481 e. The second-order valence-corrected chi connectivity index (χ2v) is 5.19. The maximum absolute atomic E-state index is 12.4. The molecule has 0 aliphatic rings. The lowest BCUT2D eigenvalue weighted by molar-refractivity contribution is -0.141. The van der Waals surface area contributed by atoms with E-state index in [0.29, 0.717) is 0 Å². The summed E-state index contributed by atoms with van der Waals surface area (Å²) in [6.45, 7) is 8.84. The minimum Gasteiger partial charge on any atom is -0.481 e. The lowest BCUT2D eigenvalue weighted by Gasteiger charge is -2.32. The maximum atomic E-state index is 12.4. The number of hydrogen-bond acceptors (Lipinski definition) is 3. The van der Waals surface area contributed by atoms with Crippen LogP contribution in [0, 0.1) is 5.92 Å². The Kier molecular flexibility index (Phi) is 7.11. The average molecular weight is 272 g/mol. The van der Waals surface area contributed by atoms with Crippen LogP contribution in [0.3, 0.4) is 0 Å². The number of amides is 2. The van der Waals surface area contributed by atoms with Crippen molar-refractivity contribution in [2.45, 2.75) is 53.1 Å². The smallest absolute Gasteiger partial charge is 0.305 e. The second-order valence-electron chi connectivity index (χ2n) is 5.19. The van der Waals surface area contributed by atoms with Crippen molar-refractivity contribution in [3.05, 3.63) is 0 Å². The predicted molar refractivity (Wildman–Crippen MR) is 71.5 cm³/mol. The van der Waals surface area contributed by atoms with Gasteiger partial charge in [0.25, 0.3) is 0 Å². The van der Waals surface area contributed by atoms with Gasteiger partial charge in [0.1, 0.15) is 6.04 Å². The van der Waals surface area contributed by atoms with Crippen molar-refractivity contribution in [3.63, 3.8) is 0 Å². The lowest BCUT2D eigenvalue weighted by atomic mass is 10.0. The van der Waals surface area contributed by atoms with Crippen molar-refractivity contribution in [2.24, 2.45) is 5.92 Å². The zero-order chi connectivity index (χ0) is 15.2. The highest BCUT2D eigenvalue weighted by Crippen LogP contribution is 2.10. The summed E-state index contributed by atoms with van der Waals surface area (Å²) < 4.78 is 0. The molecular formula is C13H24N2O4. The van der Waals surface area contributed by atoms with Crippen LogP contribution in [0.2, 0.25) is 0 Å². The minimum absolute atomic E-state index is 0.0533. The molecule has 0 fully saturated rings. The molecule has 0 heterocycles. The lowest BCUT2D eigenvalue weighted by Crippen LogP contribution is -2.53. The summed E-state index contributed by atoms with van der Waals surface area (Å²) in [6.07, 6.45) is -0.102. The summed E-state index contributed by atoms with van der Waals surface area (Å²) in [5.41, 5.74) is 0. The van der Waals surface area contributed by atoms with Crippen LogP contribution >= 0.6 is 0 Å². The number of carbonyl (C=O) groups excluding carboxylic acids is 2. The monoisotopic (exact) mass is 272 g/mol. The van der Waals surface area contributed by atoms with Gasteiger partial charge in [0.05, 0.1) is 6.42 Å². The molecule has 0 saturated carbocycles. The van der Waals surface area contributed by atoms with E-state index in [4.69, 9.17) is 5.11 Å². The molecule has 1 atom stereocenters. The maximum Gasteiger partial charge on any atom is 0.305 e. The third-order valence-corrected chi connectivity index (χ3v) is 2.76. The van der Waals surface area contributed by atoms with E-state index < -0.39 is 12.0 Å². The highest BCUT2D eigenvalue weighted by molar-refractivity contribution is 5.87. The molecule has 0 spiro atoms. The molecule has 19 heavy (non-hydrogen) atoms. The summed E-state index contributed by atoms with van der Waals surface area (Å²) in [6, 6.07) is -0.726. The molecule has 0 aromatic heterocycles. The molecule has 1 unspecified atom stereocenters. The number of rotatable bonds is 7. The third kappa shape index (κ3) is 6.22.